The zero-order valence-electron chi connectivity index (χ0n) is 8.07. The van der Waals surface area contributed by atoms with E-state index in [0.29, 0.717) is 0 Å². The fourth-order valence-corrected chi connectivity index (χ4v) is 2.24. The van der Waals surface area contributed by atoms with Gasteiger partial charge in [-0.25, -0.2) is 0 Å². The maximum atomic E-state index is 11.0. The molecule has 1 aromatic rings. The van der Waals surface area contributed by atoms with Crippen molar-refractivity contribution >= 4 is 17.3 Å². The summed E-state index contributed by atoms with van der Waals surface area (Å²) in [6.07, 6.45) is 0. The minimum Gasteiger partial charge on any atom is -0.481 e. The van der Waals surface area contributed by atoms with Crippen LogP contribution in [0, 0.1) is 12.8 Å². The van der Waals surface area contributed by atoms with Crippen molar-refractivity contribution in [1.82, 2.24) is 0 Å². The van der Waals surface area contributed by atoms with Crippen LogP contribution in [0.25, 0.3) is 0 Å². The summed E-state index contributed by atoms with van der Waals surface area (Å²) in [5, 5.41) is 11.0. The third-order valence-corrected chi connectivity index (χ3v) is 3.03. The van der Waals surface area contributed by atoms with Crippen LogP contribution in [0.3, 0.4) is 0 Å². The van der Waals surface area contributed by atoms with E-state index in [0.717, 1.165) is 10.4 Å². The van der Waals surface area contributed by atoms with Gasteiger partial charge >= 0.3 is 5.97 Å². The number of carbonyl (C=O) groups is 1. The Morgan fingerprint density at radius 2 is 2.15 bits per heavy atom. The lowest BCUT2D eigenvalue weighted by atomic mass is 9.89. The van der Waals surface area contributed by atoms with Crippen LogP contribution in [-0.2, 0) is 4.79 Å². The zero-order valence-corrected chi connectivity index (χ0v) is 8.89. The van der Waals surface area contributed by atoms with Crippen molar-refractivity contribution in [3.8, 4) is 0 Å². The summed E-state index contributed by atoms with van der Waals surface area (Å²) in [7, 11) is 0. The number of aryl methyl sites for hydroxylation is 1. The van der Waals surface area contributed by atoms with Gasteiger partial charge in [-0.1, -0.05) is 13.8 Å². The van der Waals surface area contributed by atoms with Crippen LogP contribution in [0.4, 0.5) is 0 Å². The van der Waals surface area contributed by atoms with E-state index in [1.54, 1.807) is 11.3 Å². The summed E-state index contributed by atoms with van der Waals surface area (Å²) in [5.41, 5.74) is 0.965. The van der Waals surface area contributed by atoms with Gasteiger partial charge in [0.05, 0.1) is 5.92 Å². The quantitative estimate of drug-likeness (QED) is 0.810. The molecule has 3 heteroatoms. The molecule has 0 amide bonds. The Kier molecular flexibility index (Phi) is 3.09. The van der Waals surface area contributed by atoms with Gasteiger partial charge in [-0.15, -0.1) is 11.3 Å². The first kappa shape index (κ1) is 10.3. The Balaban J connectivity index is 3.02. The van der Waals surface area contributed by atoms with E-state index < -0.39 is 5.97 Å². The second-order valence-electron chi connectivity index (χ2n) is 3.49. The predicted molar refractivity (Wildman–Crippen MR) is 54.3 cm³/mol. The number of hydrogen-bond donors (Lipinski definition) is 1. The predicted octanol–water partition coefficient (Wildman–Crippen LogP) is 2.88. The first-order valence-corrected chi connectivity index (χ1v) is 5.18. The zero-order chi connectivity index (χ0) is 10.0. The second-order valence-corrected chi connectivity index (χ2v) is 4.61. The maximum absolute atomic E-state index is 11.0. The minimum absolute atomic E-state index is 0.144. The molecule has 0 saturated heterocycles. The topological polar surface area (TPSA) is 37.3 Å². The first-order valence-electron chi connectivity index (χ1n) is 4.30. The lowest BCUT2D eigenvalue weighted by Gasteiger charge is -2.15. The summed E-state index contributed by atoms with van der Waals surface area (Å²) < 4.78 is 0. The van der Waals surface area contributed by atoms with Crippen molar-refractivity contribution in [3.63, 3.8) is 0 Å². The molecule has 0 aliphatic carbocycles. The number of carboxylic acids is 1. The van der Waals surface area contributed by atoms with E-state index in [-0.39, 0.29) is 11.8 Å². The fourth-order valence-electron chi connectivity index (χ4n) is 1.49. The standard InChI is InChI=1S/C10H14O2S/c1-6(2)9(10(11)12)8-4-5-13-7(8)3/h4-6,9H,1-3H3,(H,11,12). The monoisotopic (exact) mass is 198 g/mol. The van der Waals surface area contributed by atoms with E-state index >= 15 is 0 Å². The molecule has 0 saturated carbocycles. The summed E-state index contributed by atoms with van der Waals surface area (Å²) in [6, 6.07) is 1.92. The Morgan fingerprint density at radius 3 is 2.46 bits per heavy atom. The molecule has 1 rings (SSSR count). The molecule has 1 atom stereocenters. The average molecular weight is 198 g/mol. The van der Waals surface area contributed by atoms with Crippen molar-refractivity contribution in [2.75, 3.05) is 0 Å². The lowest BCUT2D eigenvalue weighted by Crippen LogP contribution is -2.17. The molecule has 0 aliphatic heterocycles. The SMILES string of the molecule is Cc1sccc1C(C(=O)O)C(C)C. The molecule has 13 heavy (non-hydrogen) atoms. The molecular weight excluding hydrogens is 184 g/mol. The second kappa shape index (κ2) is 3.92. The van der Waals surface area contributed by atoms with E-state index in [1.807, 2.05) is 32.2 Å². The number of rotatable bonds is 3. The van der Waals surface area contributed by atoms with Gasteiger partial charge in [0.15, 0.2) is 0 Å². The van der Waals surface area contributed by atoms with Crippen LogP contribution in [0.5, 0.6) is 0 Å². The number of hydrogen-bond acceptors (Lipinski definition) is 2. The van der Waals surface area contributed by atoms with Crippen molar-refractivity contribution in [2.24, 2.45) is 5.92 Å². The van der Waals surface area contributed by atoms with Crippen LogP contribution >= 0.6 is 11.3 Å². The van der Waals surface area contributed by atoms with Crippen LogP contribution in [0.2, 0.25) is 0 Å². The van der Waals surface area contributed by atoms with Gasteiger partial charge in [-0.2, -0.15) is 0 Å². The molecule has 0 aliphatic rings. The summed E-state index contributed by atoms with van der Waals surface area (Å²) in [4.78, 5) is 12.1. The third kappa shape index (κ3) is 2.10. The molecule has 1 N–H and O–H groups in total. The van der Waals surface area contributed by atoms with E-state index in [2.05, 4.69) is 0 Å². The summed E-state index contributed by atoms with van der Waals surface area (Å²) in [6.45, 7) is 5.85. The van der Waals surface area contributed by atoms with Crippen LogP contribution < -0.4 is 0 Å². The van der Waals surface area contributed by atoms with Gasteiger partial charge in [-0.05, 0) is 29.9 Å². The molecule has 1 aromatic heterocycles. The molecule has 0 bridgehead atoms. The first-order chi connectivity index (χ1) is 6.04. The van der Waals surface area contributed by atoms with Crippen LogP contribution in [0.15, 0.2) is 11.4 Å². The highest BCUT2D eigenvalue weighted by molar-refractivity contribution is 7.10. The van der Waals surface area contributed by atoms with Gasteiger partial charge < -0.3 is 5.11 Å². The normalized spacial score (nSPS) is 13.2. The van der Waals surface area contributed by atoms with Crippen LogP contribution in [0.1, 0.15) is 30.2 Å². The minimum atomic E-state index is -0.725. The van der Waals surface area contributed by atoms with Crippen molar-refractivity contribution in [3.05, 3.63) is 21.9 Å². The van der Waals surface area contributed by atoms with Crippen molar-refractivity contribution < 1.29 is 9.90 Å². The molecule has 1 heterocycles. The Bertz CT molecular complexity index is 302. The Labute approximate surface area is 82.2 Å². The largest absolute Gasteiger partial charge is 0.481 e. The Hall–Kier alpha value is -0.830. The highest BCUT2D eigenvalue weighted by atomic mass is 32.1. The highest BCUT2D eigenvalue weighted by Crippen LogP contribution is 2.30. The number of thiophene rings is 1. The molecule has 0 radical (unpaired) electrons. The molecule has 0 fully saturated rings. The number of carboxylic acid groups (broad SMARTS) is 1. The van der Waals surface area contributed by atoms with E-state index in [1.165, 1.54) is 0 Å². The van der Waals surface area contributed by atoms with E-state index in [4.69, 9.17) is 5.11 Å². The smallest absolute Gasteiger partial charge is 0.311 e. The molecule has 72 valence electrons. The molecule has 0 aromatic carbocycles. The summed E-state index contributed by atoms with van der Waals surface area (Å²) in [5.74, 6) is -0.937. The lowest BCUT2D eigenvalue weighted by molar-refractivity contribution is -0.139. The molecule has 2 nitrogen and oxygen atoms in total. The van der Waals surface area contributed by atoms with Crippen molar-refractivity contribution in [2.45, 2.75) is 26.7 Å². The molecule has 0 spiro atoms. The molecular formula is C10H14O2S. The fraction of sp³-hybridized carbons (Fsp3) is 0.500. The third-order valence-electron chi connectivity index (χ3n) is 2.17. The van der Waals surface area contributed by atoms with Gasteiger partial charge in [0, 0.05) is 4.88 Å². The van der Waals surface area contributed by atoms with Crippen molar-refractivity contribution in [1.29, 1.82) is 0 Å². The van der Waals surface area contributed by atoms with Gasteiger partial charge in [0.25, 0.3) is 0 Å². The Morgan fingerprint density at radius 1 is 1.54 bits per heavy atom. The maximum Gasteiger partial charge on any atom is 0.311 e. The highest BCUT2D eigenvalue weighted by Gasteiger charge is 2.25. The van der Waals surface area contributed by atoms with Gasteiger partial charge in [0.2, 0.25) is 0 Å². The molecule has 1 unspecified atom stereocenters. The average Bonchev–Trinajstić information content (AvgIpc) is 2.35. The van der Waals surface area contributed by atoms with Gasteiger partial charge in [0.1, 0.15) is 0 Å². The van der Waals surface area contributed by atoms with Gasteiger partial charge in [-0.3, -0.25) is 4.79 Å². The number of aliphatic carboxylic acids is 1. The summed E-state index contributed by atoms with van der Waals surface area (Å²) >= 11 is 1.60. The van der Waals surface area contributed by atoms with E-state index in [9.17, 15) is 4.79 Å². The van der Waals surface area contributed by atoms with Crippen LogP contribution in [-0.4, -0.2) is 11.1 Å².